The third kappa shape index (κ3) is 5.22. The predicted molar refractivity (Wildman–Crippen MR) is 82.7 cm³/mol. The van der Waals surface area contributed by atoms with E-state index >= 15 is 0 Å². The van der Waals surface area contributed by atoms with E-state index in [1.807, 2.05) is 12.1 Å². The van der Waals surface area contributed by atoms with Crippen LogP contribution >= 0.6 is 0 Å². The first-order chi connectivity index (χ1) is 11.4. The Balaban J connectivity index is 1.92. The second-order valence-corrected chi connectivity index (χ2v) is 4.83. The summed E-state index contributed by atoms with van der Waals surface area (Å²) < 4.78 is 51.1. The number of nitrogens with one attached hydrogen (secondary N) is 1. The van der Waals surface area contributed by atoms with Crippen LogP contribution in [0, 0.1) is 0 Å². The van der Waals surface area contributed by atoms with Gasteiger partial charge in [0.15, 0.2) is 18.1 Å². The Kier molecular flexibility index (Phi) is 5.73. The number of ether oxygens (including phenoxy) is 3. The van der Waals surface area contributed by atoms with Gasteiger partial charge in [0.2, 0.25) is 5.88 Å². The van der Waals surface area contributed by atoms with E-state index in [1.54, 1.807) is 26.4 Å². The Labute approximate surface area is 137 Å². The molecule has 0 aliphatic heterocycles. The summed E-state index contributed by atoms with van der Waals surface area (Å²) in [6, 6.07) is 8.48. The minimum absolute atomic E-state index is 0.0796. The molecule has 1 N–H and O–H groups in total. The first-order valence-electron chi connectivity index (χ1n) is 7.01. The molecule has 2 aromatic rings. The number of rotatable bonds is 7. The lowest BCUT2D eigenvalue weighted by Gasteiger charge is -2.11. The molecule has 24 heavy (non-hydrogen) atoms. The fourth-order valence-electron chi connectivity index (χ4n) is 1.92. The summed E-state index contributed by atoms with van der Waals surface area (Å²) in [6.07, 6.45) is -2.97. The molecule has 2 rings (SSSR count). The number of anilines is 1. The van der Waals surface area contributed by atoms with Gasteiger partial charge in [-0.2, -0.15) is 13.2 Å². The third-order valence-electron chi connectivity index (χ3n) is 3.06. The van der Waals surface area contributed by atoms with Gasteiger partial charge in [-0.1, -0.05) is 6.07 Å². The van der Waals surface area contributed by atoms with Gasteiger partial charge in [0.1, 0.15) is 0 Å². The molecule has 0 saturated carbocycles. The van der Waals surface area contributed by atoms with Gasteiger partial charge >= 0.3 is 6.18 Å². The lowest BCUT2D eigenvalue weighted by molar-refractivity contribution is -0.154. The highest BCUT2D eigenvalue weighted by Gasteiger charge is 2.28. The van der Waals surface area contributed by atoms with Crippen LogP contribution in [0.15, 0.2) is 36.5 Å². The molecule has 0 fully saturated rings. The van der Waals surface area contributed by atoms with Gasteiger partial charge in [-0.3, -0.25) is 0 Å². The van der Waals surface area contributed by atoms with E-state index in [-0.39, 0.29) is 5.88 Å². The molecule has 1 aromatic heterocycles. The zero-order valence-electron chi connectivity index (χ0n) is 13.2. The molecule has 0 aliphatic carbocycles. The van der Waals surface area contributed by atoms with Crippen LogP contribution in [-0.2, 0) is 6.54 Å². The normalized spacial score (nSPS) is 11.0. The van der Waals surface area contributed by atoms with Crippen LogP contribution < -0.4 is 19.5 Å². The number of halogens is 3. The summed E-state index contributed by atoms with van der Waals surface area (Å²) in [7, 11) is 3.11. The maximum absolute atomic E-state index is 12.1. The smallest absolute Gasteiger partial charge is 0.422 e. The van der Waals surface area contributed by atoms with E-state index in [9.17, 15) is 13.2 Å². The molecule has 8 heteroatoms. The Morgan fingerprint density at radius 1 is 1.04 bits per heavy atom. The van der Waals surface area contributed by atoms with Crippen LogP contribution in [0.5, 0.6) is 17.4 Å². The maximum Gasteiger partial charge on any atom is 0.422 e. The first-order valence-corrected chi connectivity index (χ1v) is 7.01. The highest BCUT2D eigenvalue weighted by Crippen LogP contribution is 2.28. The zero-order valence-corrected chi connectivity index (χ0v) is 13.2. The monoisotopic (exact) mass is 342 g/mol. The Morgan fingerprint density at radius 2 is 1.79 bits per heavy atom. The molecule has 1 heterocycles. The summed E-state index contributed by atoms with van der Waals surface area (Å²) in [4.78, 5) is 3.83. The second kappa shape index (κ2) is 7.76. The fraction of sp³-hybridized carbons (Fsp3) is 0.312. The summed E-state index contributed by atoms with van der Waals surface area (Å²) in [6.45, 7) is -0.872. The number of benzene rings is 1. The molecular formula is C16H17F3N2O3. The molecule has 130 valence electrons. The standard InChI is InChI=1S/C16H17F3N2O3/c1-22-13-5-3-11(7-14(13)23-2)8-20-12-4-6-15(21-9-12)24-10-16(17,18)19/h3-7,9,20H,8,10H2,1-2H3. The molecular weight excluding hydrogens is 325 g/mol. The minimum Gasteiger partial charge on any atom is -0.493 e. The third-order valence-corrected chi connectivity index (χ3v) is 3.06. The van der Waals surface area contributed by atoms with E-state index in [0.29, 0.717) is 23.7 Å². The van der Waals surface area contributed by atoms with Crippen molar-refractivity contribution in [3.05, 3.63) is 42.1 Å². The van der Waals surface area contributed by atoms with Gasteiger partial charge in [-0.05, 0) is 23.8 Å². The van der Waals surface area contributed by atoms with Gasteiger partial charge < -0.3 is 19.5 Å². The quantitative estimate of drug-likeness (QED) is 0.832. The van der Waals surface area contributed by atoms with Crippen molar-refractivity contribution in [1.29, 1.82) is 0 Å². The fourth-order valence-corrected chi connectivity index (χ4v) is 1.92. The number of hydrogen-bond donors (Lipinski definition) is 1. The molecule has 0 unspecified atom stereocenters. The molecule has 0 aliphatic rings. The van der Waals surface area contributed by atoms with Crippen molar-refractivity contribution >= 4 is 5.69 Å². The summed E-state index contributed by atoms with van der Waals surface area (Å²) >= 11 is 0. The van der Waals surface area contributed by atoms with E-state index in [4.69, 9.17) is 9.47 Å². The Morgan fingerprint density at radius 3 is 2.38 bits per heavy atom. The van der Waals surface area contributed by atoms with E-state index < -0.39 is 12.8 Å². The SMILES string of the molecule is COc1ccc(CNc2ccc(OCC(F)(F)F)nc2)cc1OC. The first kappa shape index (κ1) is 17.7. The average Bonchev–Trinajstić information content (AvgIpc) is 2.58. The van der Waals surface area contributed by atoms with Crippen LogP contribution in [0.1, 0.15) is 5.56 Å². The summed E-state index contributed by atoms with van der Waals surface area (Å²) in [5, 5.41) is 3.11. The van der Waals surface area contributed by atoms with Crippen molar-refractivity contribution in [2.45, 2.75) is 12.7 Å². The largest absolute Gasteiger partial charge is 0.493 e. The minimum atomic E-state index is -4.38. The van der Waals surface area contributed by atoms with Gasteiger partial charge in [0.25, 0.3) is 0 Å². The van der Waals surface area contributed by atoms with Crippen LogP contribution in [0.3, 0.4) is 0 Å². The van der Waals surface area contributed by atoms with Gasteiger partial charge in [-0.15, -0.1) is 0 Å². The van der Waals surface area contributed by atoms with Crippen LogP contribution in [0.25, 0.3) is 0 Å². The molecule has 1 aromatic carbocycles. The average molecular weight is 342 g/mol. The van der Waals surface area contributed by atoms with Crippen molar-refractivity contribution in [3.63, 3.8) is 0 Å². The molecule has 0 saturated heterocycles. The van der Waals surface area contributed by atoms with E-state index in [2.05, 4.69) is 15.0 Å². The molecule has 0 spiro atoms. The number of aromatic nitrogens is 1. The zero-order chi connectivity index (χ0) is 17.6. The number of alkyl halides is 3. The van der Waals surface area contributed by atoms with Crippen LogP contribution in [-0.4, -0.2) is 32.0 Å². The highest BCUT2D eigenvalue weighted by atomic mass is 19.4. The van der Waals surface area contributed by atoms with Crippen molar-refractivity contribution in [2.24, 2.45) is 0 Å². The molecule has 0 bridgehead atoms. The number of pyridine rings is 1. The van der Waals surface area contributed by atoms with Crippen molar-refractivity contribution < 1.29 is 27.4 Å². The molecule has 0 amide bonds. The summed E-state index contributed by atoms with van der Waals surface area (Å²) in [5.41, 5.74) is 1.61. The molecule has 0 radical (unpaired) electrons. The predicted octanol–water partition coefficient (Wildman–Crippen LogP) is 3.65. The van der Waals surface area contributed by atoms with Gasteiger partial charge in [-0.25, -0.2) is 4.98 Å². The van der Waals surface area contributed by atoms with Crippen molar-refractivity contribution in [1.82, 2.24) is 4.98 Å². The number of nitrogens with zero attached hydrogens (tertiary/aromatic N) is 1. The topological polar surface area (TPSA) is 52.6 Å². The van der Waals surface area contributed by atoms with Crippen LogP contribution in [0.4, 0.5) is 18.9 Å². The molecule has 5 nitrogen and oxygen atoms in total. The van der Waals surface area contributed by atoms with Crippen molar-refractivity contribution in [2.75, 3.05) is 26.1 Å². The highest BCUT2D eigenvalue weighted by molar-refractivity contribution is 5.46. The lowest BCUT2D eigenvalue weighted by Crippen LogP contribution is -2.19. The Bertz CT molecular complexity index is 661. The van der Waals surface area contributed by atoms with E-state index in [0.717, 1.165) is 5.56 Å². The van der Waals surface area contributed by atoms with E-state index in [1.165, 1.54) is 12.3 Å². The van der Waals surface area contributed by atoms with Gasteiger partial charge in [0, 0.05) is 12.6 Å². The lowest BCUT2D eigenvalue weighted by atomic mass is 10.2. The molecule has 0 atom stereocenters. The second-order valence-electron chi connectivity index (χ2n) is 4.83. The maximum atomic E-state index is 12.1. The Hall–Kier alpha value is -2.64. The van der Waals surface area contributed by atoms with Crippen molar-refractivity contribution in [3.8, 4) is 17.4 Å². The number of methoxy groups -OCH3 is 2. The number of hydrogen-bond acceptors (Lipinski definition) is 5. The van der Waals surface area contributed by atoms with Crippen LogP contribution in [0.2, 0.25) is 0 Å². The summed E-state index contributed by atoms with van der Waals surface area (Å²) in [5.74, 6) is 1.17. The van der Waals surface area contributed by atoms with Gasteiger partial charge in [0.05, 0.1) is 26.1 Å².